The van der Waals surface area contributed by atoms with Crippen molar-refractivity contribution in [2.75, 3.05) is 18.0 Å². The van der Waals surface area contributed by atoms with Crippen LogP contribution in [-0.4, -0.2) is 39.3 Å². The number of anilines is 1. The predicted molar refractivity (Wildman–Crippen MR) is 61.9 cm³/mol. The lowest BCUT2D eigenvalue weighted by Gasteiger charge is -2.20. The lowest BCUT2D eigenvalue weighted by molar-refractivity contribution is -0.135. The molecule has 0 amide bonds. The van der Waals surface area contributed by atoms with Crippen molar-refractivity contribution in [3.05, 3.63) is 11.4 Å². The van der Waals surface area contributed by atoms with Crippen LogP contribution in [0.3, 0.4) is 0 Å². The van der Waals surface area contributed by atoms with E-state index in [0.717, 1.165) is 24.2 Å². The Morgan fingerprint density at radius 3 is 2.59 bits per heavy atom. The summed E-state index contributed by atoms with van der Waals surface area (Å²) in [7, 11) is 0. The summed E-state index contributed by atoms with van der Waals surface area (Å²) in [6, 6.07) is 0. The van der Waals surface area contributed by atoms with Crippen LogP contribution in [0.2, 0.25) is 0 Å². The number of rotatable bonds is 5. The molecule has 0 saturated heterocycles. The molecule has 1 aliphatic rings. The van der Waals surface area contributed by atoms with Crippen LogP contribution in [0.1, 0.15) is 24.2 Å². The van der Waals surface area contributed by atoms with Gasteiger partial charge in [-0.25, -0.2) is 4.98 Å². The zero-order valence-electron chi connectivity index (χ0n) is 10.1. The lowest BCUT2D eigenvalue weighted by Crippen LogP contribution is -2.33. The highest BCUT2D eigenvalue weighted by Gasteiger charge is 2.27. The van der Waals surface area contributed by atoms with Crippen LogP contribution in [0, 0.1) is 19.8 Å². The first-order chi connectivity index (χ1) is 8.06. The van der Waals surface area contributed by atoms with Crippen LogP contribution in [0.25, 0.3) is 0 Å². The Balaban J connectivity index is 2.16. The maximum atomic E-state index is 10.8. The molecule has 1 N–H and O–H groups in total. The van der Waals surface area contributed by atoms with Gasteiger partial charge < -0.3 is 10.0 Å². The van der Waals surface area contributed by atoms with E-state index in [1.54, 1.807) is 4.90 Å². The van der Waals surface area contributed by atoms with Crippen molar-refractivity contribution in [3.63, 3.8) is 0 Å². The predicted octanol–water partition coefficient (Wildman–Crippen LogP) is 0.789. The molecule has 0 aromatic carbocycles. The van der Waals surface area contributed by atoms with E-state index in [4.69, 9.17) is 5.11 Å². The number of carboxylic acids is 1. The van der Waals surface area contributed by atoms with Crippen LogP contribution in [0.4, 0.5) is 5.95 Å². The van der Waals surface area contributed by atoms with Gasteiger partial charge in [0.15, 0.2) is 0 Å². The highest BCUT2D eigenvalue weighted by atomic mass is 16.4. The van der Waals surface area contributed by atoms with Gasteiger partial charge in [-0.1, -0.05) is 0 Å². The minimum Gasteiger partial charge on any atom is -0.480 e. The highest BCUT2D eigenvalue weighted by Crippen LogP contribution is 2.30. The lowest BCUT2D eigenvalue weighted by atomic mass is 10.3. The Kier molecular flexibility index (Phi) is 3.21. The normalized spacial score (nSPS) is 14.7. The van der Waals surface area contributed by atoms with E-state index in [9.17, 15) is 4.79 Å². The number of aromatic nitrogens is 3. The average molecular weight is 236 g/mol. The minimum absolute atomic E-state index is 0.0688. The van der Waals surface area contributed by atoms with E-state index in [-0.39, 0.29) is 6.54 Å². The second-order valence-electron chi connectivity index (χ2n) is 4.50. The number of carboxylic acid groups (broad SMARTS) is 1. The molecule has 2 rings (SSSR count). The zero-order chi connectivity index (χ0) is 12.4. The summed E-state index contributed by atoms with van der Waals surface area (Å²) in [6.45, 7) is 4.32. The molecule has 0 aliphatic heterocycles. The monoisotopic (exact) mass is 236 g/mol. The summed E-state index contributed by atoms with van der Waals surface area (Å²) in [4.78, 5) is 16.8. The van der Waals surface area contributed by atoms with Crippen molar-refractivity contribution in [3.8, 4) is 0 Å². The molecule has 1 saturated carbocycles. The first-order valence-electron chi connectivity index (χ1n) is 5.71. The summed E-state index contributed by atoms with van der Waals surface area (Å²) in [5.41, 5.74) is 1.57. The fourth-order valence-electron chi connectivity index (χ4n) is 1.57. The van der Waals surface area contributed by atoms with Crippen molar-refractivity contribution in [1.29, 1.82) is 0 Å². The molecule has 1 fully saturated rings. The molecule has 0 radical (unpaired) electrons. The molecule has 0 bridgehead atoms. The second-order valence-corrected chi connectivity index (χ2v) is 4.50. The molecule has 0 atom stereocenters. The van der Waals surface area contributed by atoms with Crippen LogP contribution in [0.15, 0.2) is 0 Å². The van der Waals surface area contributed by atoms with Gasteiger partial charge in [0.05, 0.1) is 11.4 Å². The van der Waals surface area contributed by atoms with Gasteiger partial charge in [-0.15, -0.1) is 5.10 Å². The second kappa shape index (κ2) is 4.65. The Bertz CT molecular complexity index is 431. The van der Waals surface area contributed by atoms with Gasteiger partial charge in [0.1, 0.15) is 6.54 Å². The highest BCUT2D eigenvalue weighted by molar-refractivity contribution is 5.72. The molecule has 92 valence electrons. The van der Waals surface area contributed by atoms with Gasteiger partial charge in [-0.05, 0) is 32.6 Å². The van der Waals surface area contributed by atoms with E-state index in [1.165, 1.54) is 0 Å². The summed E-state index contributed by atoms with van der Waals surface area (Å²) in [5, 5.41) is 16.8. The molecule has 0 unspecified atom stereocenters. The topological polar surface area (TPSA) is 79.2 Å². The Labute approximate surface area is 99.7 Å². The molecular formula is C11H16N4O2. The van der Waals surface area contributed by atoms with Crippen LogP contribution in [-0.2, 0) is 4.79 Å². The van der Waals surface area contributed by atoms with Crippen LogP contribution < -0.4 is 4.90 Å². The summed E-state index contributed by atoms with van der Waals surface area (Å²) in [5.74, 6) is 0.134. The number of nitrogens with zero attached hydrogens (tertiary/aromatic N) is 4. The SMILES string of the molecule is Cc1nnc(N(CC(=O)O)CC2CC2)nc1C. The summed E-state index contributed by atoms with van der Waals surface area (Å²) in [6.07, 6.45) is 2.32. The third-order valence-corrected chi connectivity index (χ3v) is 2.87. The Morgan fingerprint density at radius 1 is 1.35 bits per heavy atom. The third kappa shape index (κ3) is 3.12. The fraction of sp³-hybridized carbons (Fsp3) is 0.636. The van der Waals surface area contributed by atoms with Crippen molar-refractivity contribution in [2.24, 2.45) is 5.92 Å². The van der Waals surface area contributed by atoms with E-state index >= 15 is 0 Å². The minimum atomic E-state index is -0.868. The van der Waals surface area contributed by atoms with Crippen LogP contribution >= 0.6 is 0 Å². The molecular weight excluding hydrogens is 220 g/mol. The van der Waals surface area contributed by atoms with Gasteiger partial charge in [-0.3, -0.25) is 4.79 Å². The smallest absolute Gasteiger partial charge is 0.323 e. The number of aliphatic carboxylic acids is 1. The molecule has 1 aromatic heterocycles. The third-order valence-electron chi connectivity index (χ3n) is 2.87. The number of hydrogen-bond acceptors (Lipinski definition) is 5. The zero-order valence-corrected chi connectivity index (χ0v) is 10.1. The number of aryl methyl sites for hydroxylation is 2. The molecule has 1 aliphatic carbocycles. The van der Waals surface area contributed by atoms with Gasteiger partial charge in [0, 0.05) is 6.54 Å². The molecule has 1 aromatic rings. The molecule has 6 heteroatoms. The van der Waals surface area contributed by atoms with E-state index < -0.39 is 5.97 Å². The van der Waals surface area contributed by atoms with Crippen molar-refractivity contribution in [2.45, 2.75) is 26.7 Å². The van der Waals surface area contributed by atoms with E-state index in [1.807, 2.05) is 13.8 Å². The summed E-state index contributed by atoms with van der Waals surface area (Å²) < 4.78 is 0. The first-order valence-corrected chi connectivity index (χ1v) is 5.71. The largest absolute Gasteiger partial charge is 0.480 e. The number of carbonyl (C=O) groups is 1. The summed E-state index contributed by atoms with van der Waals surface area (Å²) >= 11 is 0. The fourth-order valence-corrected chi connectivity index (χ4v) is 1.57. The van der Waals surface area contributed by atoms with Gasteiger partial charge in [0.25, 0.3) is 0 Å². The van der Waals surface area contributed by atoms with Gasteiger partial charge >= 0.3 is 5.97 Å². The van der Waals surface area contributed by atoms with E-state index in [2.05, 4.69) is 15.2 Å². The standard InChI is InChI=1S/C11H16N4O2/c1-7-8(2)13-14-11(12-7)15(6-10(16)17)5-9-3-4-9/h9H,3-6H2,1-2H3,(H,16,17). The first kappa shape index (κ1) is 11.8. The van der Waals surface area contributed by atoms with Crippen molar-refractivity contribution in [1.82, 2.24) is 15.2 Å². The maximum Gasteiger partial charge on any atom is 0.323 e. The molecule has 17 heavy (non-hydrogen) atoms. The average Bonchev–Trinajstić information content (AvgIpc) is 3.04. The molecule has 0 spiro atoms. The van der Waals surface area contributed by atoms with Gasteiger partial charge in [-0.2, -0.15) is 5.10 Å². The van der Waals surface area contributed by atoms with E-state index in [0.29, 0.717) is 18.4 Å². The Morgan fingerprint density at radius 2 is 2.06 bits per heavy atom. The van der Waals surface area contributed by atoms with Crippen LogP contribution in [0.5, 0.6) is 0 Å². The van der Waals surface area contributed by atoms with Gasteiger partial charge in [0.2, 0.25) is 5.95 Å². The Hall–Kier alpha value is -1.72. The molecule has 6 nitrogen and oxygen atoms in total. The maximum absolute atomic E-state index is 10.8. The van der Waals surface area contributed by atoms with Crippen molar-refractivity contribution >= 4 is 11.9 Å². The quantitative estimate of drug-likeness (QED) is 0.814. The molecule has 1 heterocycles. The van der Waals surface area contributed by atoms with Crippen molar-refractivity contribution < 1.29 is 9.90 Å². The number of hydrogen-bond donors (Lipinski definition) is 1.